The number of ether oxygens (including phenoxy) is 1. The molecule has 1 atom stereocenters. The number of hydrogen-bond donors (Lipinski definition) is 3. The molecule has 158 valence electrons. The third kappa shape index (κ3) is 3.30. The summed E-state index contributed by atoms with van der Waals surface area (Å²) < 4.78 is 7.82. The fraction of sp³-hybridized carbons (Fsp3) is 0.261. The Labute approximate surface area is 179 Å². The molecular weight excluding hydrogens is 392 g/mol. The van der Waals surface area contributed by atoms with Crippen molar-refractivity contribution in [1.82, 2.24) is 24.8 Å². The van der Waals surface area contributed by atoms with Gasteiger partial charge in [0.2, 0.25) is 5.88 Å². The summed E-state index contributed by atoms with van der Waals surface area (Å²) in [6, 6.07) is 13.4. The van der Waals surface area contributed by atoms with Gasteiger partial charge in [-0.25, -0.2) is 15.0 Å². The minimum absolute atomic E-state index is 0.390. The predicted octanol–water partition coefficient (Wildman–Crippen LogP) is 2.89. The maximum absolute atomic E-state index is 11.4. The maximum atomic E-state index is 11.4. The molecule has 0 amide bonds. The zero-order valence-corrected chi connectivity index (χ0v) is 17.5. The molecule has 8 heteroatoms. The van der Waals surface area contributed by atoms with Crippen molar-refractivity contribution < 1.29 is 9.84 Å². The second-order valence-electron chi connectivity index (χ2n) is 7.94. The van der Waals surface area contributed by atoms with E-state index in [1.165, 1.54) is 6.33 Å². The van der Waals surface area contributed by atoms with Crippen molar-refractivity contribution >= 4 is 16.9 Å². The highest BCUT2D eigenvalue weighted by Crippen LogP contribution is 2.43. The minimum Gasteiger partial charge on any atom is -0.439 e. The molecule has 1 aliphatic rings. The number of hydrogen-bond acceptors (Lipinski definition) is 7. The summed E-state index contributed by atoms with van der Waals surface area (Å²) in [6.45, 7) is 3.14. The third-order valence-electron chi connectivity index (χ3n) is 5.80. The Morgan fingerprint density at radius 2 is 1.97 bits per heavy atom. The average molecular weight is 416 g/mol. The highest BCUT2D eigenvalue weighted by atomic mass is 16.5. The average Bonchev–Trinajstić information content (AvgIpc) is 3.32. The van der Waals surface area contributed by atoms with Gasteiger partial charge in [-0.05, 0) is 43.7 Å². The van der Waals surface area contributed by atoms with Gasteiger partial charge >= 0.3 is 0 Å². The molecular formula is C23H24N6O2. The summed E-state index contributed by atoms with van der Waals surface area (Å²) in [6.07, 6.45) is 2.06. The van der Waals surface area contributed by atoms with E-state index in [2.05, 4.69) is 20.3 Å². The number of nitrogens with two attached hydrogens (primary N) is 1. The van der Waals surface area contributed by atoms with Crippen LogP contribution in [0.3, 0.4) is 0 Å². The molecule has 1 unspecified atom stereocenters. The number of anilines is 1. The van der Waals surface area contributed by atoms with E-state index in [4.69, 9.17) is 10.5 Å². The first-order valence-corrected chi connectivity index (χ1v) is 10.2. The molecule has 4 heterocycles. The fourth-order valence-electron chi connectivity index (χ4n) is 4.37. The molecule has 4 N–H and O–H groups in total. The molecule has 0 saturated carbocycles. The van der Waals surface area contributed by atoms with E-state index in [1.807, 2.05) is 61.0 Å². The SMILES string of the molecule is Cc1cccc(Oc2ccc(-c3c(C4(O)CCNC4)n(C)c4ncnc(N)c34)cc2)n1. The zero-order valence-electron chi connectivity index (χ0n) is 17.5. The third-order valence-corrected chi connectivity index (χ3v) is 5.80. The first-order valence-electron chi connectivity index (χ1n) is 10.2. The number of nitrogens with one attached hydrogen (secondary N) is 1. The lowest BCUT2D eigenvalue weighted by molar-refractivity contribution is 0.0522. The number of benzene rings is 1. The van der Waals surface area contributed by atoms with Crippen LogP contribution in [0, 0.1) is 6.92 Å². The summed E-state index contributed by atoms with van der Waals surface area (Å²) in [5, 5.41) is 15.5. The second-order valence-corrected chi connectivity index (χ2v) is 7.94. The van der Waals surface area contributed by atoms with Crippen LogP contribution in [-0.4, -0.2) is 37.7 Å². The van der Waals surface area contributed by atoms with Crippen LogP contribution >= 0.6 is 0 Å². The minimum atomic E-state index is -1.02. The highest BCUT2D eigenvalue weighted by Gasteiger charge is 2.39. The monoisotopic (exact) mass is 416 g/mol. The lowest BCUT2D eigenvalue weighted by Crippen LogP contribution is -2.31. The van der Waals surface area contributed by atoms with E-state index < -0.39 is 5.60 Å². The summed E-state index contributed by atoms with van der Waals surface area (Å²) in [4.78, 5) is 13.0. The number of nitrogen functional groups attached to an aromatic ring is 1. The standard InChI is InChI=1S/C23H24N6O2/c1-14-4-3-5-17(28-14)31-16-8-6-15(7-9-16)18-19-21(24)26-13-27-22(19)29(2)20(18)23(30)10-11-25-12-23/h3-9,13,25,30H,10-12H2,1-2H3,(H2,24,26,27). The Morgan fingerprint density at radius 3 is 2.68 bits per heavy atom. The predicted molar refractivity (Wildman–Crippen MR) is 119 cm³/mol. The van der Waals surface area contributed by atoms with Gasteiger partial charge in [-0.3, -0.25) is 0 Å². The Kier molecular flexibility index (Phi) is 4.60. The van der Waals surface area contributed by atoms with Gasteiger partial charge in [0.05, 0.1) is 11.1 Å². The zero-order chi connectivity index (χ0) is 21.6. The lowest BCUT2D eigenvalue weighted by Gasteiger charge is -2.24. The Morgan fingerprint density at radius 1 is 1.16 bits per heavy atom. The first kappa shape index (κ1) is 19.5. The van der Waals surface area contributed by atoms with Crippen LogP contribution in [0.4, 0.5) is 5.82 Å². The van der Waals surface area contributed by atoms with Crippen molar-refractivity contribution in [3.8, 4) is 22.8 Å². The van der Waals surface area contributed by atoms with Gasteiger partial charge in [0, 0.05) is 30.9 Å². The van der Waals surface area contributed by atoms with E-state index >= 15 is 0 Å². The van der Waals surface area contributed by atoms with Crippen LogP contribution in [0.15, 0.2) is 48.8 Å². The van der Waals surface area contributed by atoms with Crippen molar-refractivity contribution in [1.29, 1.82) is 0 Å². The van der Waals surface area contributed by atoms with Crippen molar-refractivity contribution in [3.63, 3.8) is 0 Å². The quantitative estimate of drug-likeness (QED) is 0.469. The molecule has 1 saturated heterocycles. The van der Waals surface area contributed by atoms with E-state index in [0.29, 0.717) is 36.1 Å². The number of aliphatic hydroxyl groups is 1. The van der Waals surface area contributed by atoms with Gasteiger partial charge in [0.1, 0.15) is 29.1 Å². The summed E-state index contributed by atoms with van der Waals surface area (Å²) in [5.74, 6) is 1.61. The second kappa shape index (κ2) is 7.33. The summed E-state index contributed by atoms with van der Waals surface area (Å²) >= 11 is 0. The van der Waals surface area contributed by atoms with Crippen molar-refractivity contribution in [2.45, 2.75) is 18.9 Å². The Balaban J connectivity index is 1.63. The van der Waals surface area contributed by atoms with E-state index in [0.717, 1.165) is 34.4 Å². The Hall–Kier alpha value is -3.49. The summed E-state index contributed by atoms with van der Waals surface area (Å²) in [7, 11) is 1.91. The van der Waals surface area contributed by atoms with E-state index in [1.54, 1.807) is 0 Å². The van der Waals surface area contributed by atoms with Gasteiger partial charge < -0.3 is 25.5 Å². The van der Waals surface area contributed by atoms with Gasteiger partial charge in [-0.2, -0.15) is 0 Å². The number of aryl methyl sites for hydroxylation is 2. The van der Waals surface area contributed by atoms with Crippen LogP contribution in [0.25, 0.3) is 22.2 Å². The van der Waals surface area contributed by atoms with Crippen LogP contribution in [0.1, 0.15) is 17.8 Å². The molecule has 3 aromatic heterocycles. The highest BCUT2D eigenvalue weighted by molar-refractivity contribution is 6.02. The van der Waals surface area contributed by atoms with Crippen LogP contribution < -0.4 is 15.8 Å². The number of pyridine rings is 1. The van der Waals surface area contributed by atoms with Gasteiger partial charge in [0.25, 0.3) is 0 Å². The lowest BCUT2D eigenvalue weighted by atomic mass is 9.91. The molecule has 8 nitrogen and oxygen atoms in total. The number of rotatable bonds is 4. The first-order chi connectivity index (χ1) is 15.0. The van der Waals surface area contributed by atoms with Gasteiger partial charge in [-0.1, -0.05) is 18.2 Å². The molecule has 0 aliphatic carbocycles. The molecule has 0 bridgehead atoms. The van der Waals surface area contributed by atoms with Gasteiger partial charge in [0.15, 0.2) is 0 Å². The smallest absolute Gasteiger partial charge is 0.219 e. The number of fused-ring (bicyclic) bond motifs is 1. The molecule has 1 fully saturated rings. The van der Waals surface area contributed by atoms with E-state index in [9.17, 15) is 5.11 Å². The normalized spacial score (nSPS) is 18.5. The number of β-amino-alcohol motifs (C(OH)–C–C–N with tert-alkyl or cyclic N) is 1. The molecule has 1 aliphatic heterocycles. The molecule has 0 spiro atoms. The van der Waals surface area contributed by atoms with Crippen LogP contribution in [-0.2, 0) is 12.6 Å². The maximum Gasteiger partial charge on any atom is 0.219 e. The summed E-state index contributed by atoms with van der Waals surface area (Å²) in [5.41, 5.74) is 9.39. The molecule has 1 aromatic carbocycles. The molecule has 5 rings (SSSR count). The van der Waals surface area contributed by atoms with Crippen molar-refractivity contribution in [2.24, 2.45) is 7.05 Å². The Bertz CT molecular complexity index is 1260. The topological polar surface area (TPSA) is 111 Å². The van der Waals surface area contributed by atoms with Crippen LogP contribution in [0.5, 0.6) is 11.6 Å². The van der Waals surface area contributed by atoms with Crippen molar-refractivity contribution in [2.75, 3.05) is 18.8 Å². The molecule has 31 heavy (non-hydrogen) atoms. The molecule has 4 aromatic rings. The number of aromatic nitrogens is 4. The fourth-order valence-corrected chi connectivity index (χ4v) is 4.37. The largest absolute Gasteiger partial charge is 0.439 e. The molecule has 0 radical (unpaired) electrons. The number of nitrogens with zero attached hydrogens (tertiary/aromatic N) is 4. The van der Waals surface area contributed by atoms with Crippen LogP contribution in [0.2, 0.25) is 0 Å². The van der Waals surface area contributed by atoms with Crippen molar-refractivity contribution in [3.05, 3.63) is 60.2 Å². The van der Waals surface area contributed by atoms with Gasteiger partial charge in [-0.15, -0.1) is 0 Å². The van der Waals surface area contributed by atoms with E-state index in [-0.39, 0.29) is 0 Å².